The van der Waals surface area contributed by atoms with E-state index >= 15 is 0 Å². The molecule has 3 N–H and O–H groups in total. The van der Waals surface area contributed by atoms with Gasteiger partial charge in [0.15, 0.2) is 0 Å². The first kappa shape index (κ1) is 18.6. The van der Waals surface area contributed by atoms with Crippen molar-refractivity contribution in [2.45, 2.75) is 25.4 Å². The summed E-state index contributed by atoms with van der Waals surface area (Å²) in [4.78, 5) is 38.4. The highest BCUT2D eigenvalue weighted by molar-refractivity contribution is 6.07. The molecule has 7 heteroatoms. The molecule has 1 amide bonds. The zero-order valence-corrected chi connectivity index (χ0v) is 14.6. The molecule has 27 heavy (non-hydrogen) atoms. The number of rotatable bonds is 5. The Morgan fingerprint density at radius 2 is 1.85 bits per heavy atom. The van der Waals surface area contributed by atoms with Gasteiger partial charge in [0.25, 0.3) is 5.91 Å². The van der Waals surface area contributed by atoms with Crippen LogP contribution >= 0.6 is 0 Å². The number of carbonyl (C=O) groups is 3. The lowest BCUT2D eigenvalue weighted by Crippen LogP contribution is -2.41. The predicted octanol–water partition coefficient (Wildman–Crippen LogP) is 2.05. The maximum atomic E-state index is 13.0. The molecule has 0 bridgehead atoms. The molecule has 0 aliphatic carbocycles. The number of esters is 1. The van der Waals surface area contributed by atoms with E-state index in [0.717, 1.165) is 0 Å². The fourth-order valence-corrected chi connectivity index (χ4v) is 3.15. The molecule has 7 nitrogen and oxygen atoms in total. The van der Waals surface area contributed by atoms with E-state index in [-0.39, 0.29) is 17.7 Å². The Hall–Kier alpha value is -3.19. The summed E-state index contributed by atoms with van der Waals surface area (Å²) < 4.78 is 5.34. The van der Waals surface area contributed by atoms with E-state index in [9.17, 15) is 19.5 Å². The van der Waals surface area contributed by atoms with Gasteiger partial charge < -0.3 is 20.5 Å². The van der Waals surface area contributed by atoms with Gasteiger partial charge in [0, 0.05) is 13.1 Å². The smallest absolute Gasteiger partial charge is 0.344 e. The van der Waals surface area contributed by atoms with Gasteiger partial charge in [-0.1, -0.05) is 24.3 Å². The molecule has 2 aromatic carbocycles. The Morgan fingerprint density at radius 3 is 2.52 bits per heavy atom. The van der Waals surface area contributed by atoms with Crippen LogP contribution < -0.4 is 10.5 Å². The van der Waals surface area contributed by atoms with Crippen LogP contribution in [0.15, 0.2) is 48.5 Å². The van der Waals surface area contributed by atoms with Crippen molar-refractivity contribution in [2.24, 2.45) is 5.73 Å². The summed E-state index contributed by atoms with van der Waals surface area (Å²) in [6.07, 6.45) is 0.991. The van der Waals surface area contributed by atoms with Crippen LogP contribution in [0.5, 0.6) is 5.75 Å². The van der Waals surface area contributed by atoms with Crippen molar-refractivity contribution in [3.63, 3.8) is 0 Å². The number of hydrogen-bond acceptors (Lipinski definition) is 5. The van der Waals surface area contributed by atoms with Crippen molar-refractivity contribution in [3.8, 4) is 5.75 Å². The van der Waals surface area contributed by atoms with Crippen LogP contribution in [0.25, 0.3) is 0 Å². The number of likely N-dealkylation sites (tertiary alicyclic amines) is 1. The number of nitrogens with zero attached hydrogens (tertiary/aromatic N) is 1. The molecule has 3 rings (SSSR count). The van der Waals surface area contributed by atoms with Crippen LogP contribution in [-0.4, -0.2) is 40.4 Å². The standard InChI is InChI=1S/C20H20N2O5/c21-12-13-8-9-15(20(26)27-14-5-2-1-3-6-14)16(11-13)18(23)22-10-4-7-17(22)19(24)25/h1-3,5-6,8-9,11,17H,4,7,10,12,21H2,(H,24,25). The molecule has 1 aliphatic heterocycles. The second kappa shape index (κ2) is 8.01. The summed E-state index contributed by atoms with van der Waals surface area (Å²) in [6, 6.07) is 12.3. The minimum atomic E-state index is -1.05. The number of amides is 1. The zero-order valence-electron chi connectivity index (χ0n) is 14.6. The molecule has 1 saturated heterocycles. The summed E-state index contributed by atoms with van der Waals surface area (Å²) in [5, 5.41) is 9.35. The largest absolute Gasteiger partial charge is 0.480 e. The van der Waals surface area contributed by atoms with Crippen molar-refractivity contribution in [1.82, 2.24) is 4.90 Å². The van der Waals surface area contributed by atoms with Crippen molar-refractivity contribution in [1.29, 1.82) is 0 Å². The van der Waals surface area contributed by atoms with E-state index < -0.39 is 23.9 Å². The minimum Gasteiger partial charge on any atom is -0.480 e. The van der Waals surface area contributed by atoms with Crippen molar-refractivity contribution in [3.05, 3.63) is 65.2 Å². The van der Waals surface area contributed by atoms with Crippen molar-refractivity contribution in [2.75, 3.05) is 6.54 Å². The highest BCUT2D eigenvalue weighted by atomic mass is 16.5. The van der Waals surface area contributed by atoms with Gasteiger partial charge >= 0.3 is 11.9 Å². The van der Waals surface area contributed by atoms with E-state index in [1.807, 2.05) is 0 Å². The number of para-hydroxylation sites is 1. The summed E-state index contributed by atoms with van der Waals surface area (Å²) in [7, 11) is 0. The lowest BCUT2D eigenvalue weighted by molar-refractivity contribution is -0.141. The first-order chi connectivity index (χ1) is 13.0. The van der Waals surface area contributed by atoms with Gasteiger partial charge in [-0.25, -0.2) is 9.59 Å². The number of carboxylic acids is 1. The molecule has 1 fully saturated rings. The van der Waals surface area contributed by atoms with E-state index in [0.29, 0.717) is 30.7 Å². The number of aliphatic carboxylic acids is 1. The third kappa shape index (κ3) is 3.98. The van der Waals surface area contributed by atoms with Gasteiger partial charge in [-0.2, -0.15) is 0 Å². The molecule has 1 atom stereocenters. The molecule has 1 aliphatic rings. The monoisotopic (exact) mass is 368 g/mol. The van der Waals surface area contributed by atoms with Gasteiger partial charge in [0.05, 0.1) is 11.1 Å². The number of ether oxygens (including phenoxy) is 1. The zero-order chi connectivity index (χ0) is 19.4. The molecule has 0 spiro atoms. The molecule has 1 heterocycles. The van der Waals surface area contributed by atoms with Crippen LogP contribution in [0.2, 0.25) is 0 Å². The van der Waals surface area contributed by atoms with Gasteiger partial charge in [-0.3, -0.25) is 4.79 Å². The Bertz CT molecular complexity index is 866. The molecular formula is C20H20N2O5. The fourth-order valence-electron chi connectivity index (χ4n) is 3.15. The third-order valence-corrected chi connectivity index (χ3v) is 4.52. The molecule has 0 aromatic heterocycles. The first-order valence-electron chi connectivity index (χ1n) is 8.65. The second-order valence-corrected chi connectivity index (χ2v) is 6.28. The Balaban J connectivity index is 1.94. The Labute approximate surface area is 156 Å². The number of benzene rings is 2. The highest BCUT2D eigenvalue weighted by Gasteiger charge is 2.36. The molecule has 0 saturated carbocycles. The molecule has 2 aromatic rings. The molecule has 0 radical (unpaired) electrons. The maximum Gasteiger partial charge on any atom is 0.344 e. The van der Waals surface area contributed by atoms with Crippen molar-refractivity contribution >= 4 is 17.8 Å². The van der Waals surface area contributed by atoms with Gasteiger partial charge in [0.2, 0.25) is 0 Å². The van der Waals surface area contributed by atoms with E-state index in [4.69, 9.17) is 10.5 Å². The summed E-state index contributed by atoms with van der Waals surface area (Å²) in [5.41, 5.74) is 6.51. The van der Waals surface area contributed by atoms with Crippen LogP contribution in [0.1, 0.15) is 39.1 Å². The van der Waals surface area contributed by atoms with Crippen LogP contribution in [0.3, 0.4) is 0 Å². The minimum absolute atomic E-state index is 0.0806. The quantitative estimate of drug-likeness (QED) is 0.617. The van der Waals surface area contributed by atoms with E-state index in [1.54, 1.807) is 36.4 Å². The lowest BCUT2D eigenvalue weighted by atomic mass is 10.0. The van der Waals surface area contributed by atoms with Crippen LogP contribution in [-0.2, 0) is 11.3 Å². The van der Waals surface area contributed by atoms with Gasteiger partial charge in [0.1, 0.15) is 11.8 Å². The predicted molar refractivity (Wildman–Crippen MR) is 97.4 cm³/mol. The topological polar surface area (TPSA) is 110 Å². The first-order valence-corrected chi connectivity index (χ1v) is 8.65. The third-order valence-electron chi connectivity index (χ3n) is 4.52. The lowest BCUT2D eigenvalue weighted by Gasteiger charge is -2.22. The van der Waals surface area contributed by atoms with E-state index in [1.165, 1.54) is 17.0 Å². The average molecular weight is 368 g/mol. The van der Waals surface area contributed by atoms with E-state index in [2.05, 4.69) is 0 Å². The van der Waals surface area contributed by atoms with Crippen LogP contribution in [0.4, 0.5) is 0 Å². The van der Waals surface area contributed by atoms with Crippen LogP contribution in [0, 0.1) is 0 Å². The maximum absolute atomic E-state index is 13.0. The number of nitrogens with two attached hydrogens (primary N) is 1. The van der Waals surface area contributed by atoms with Gasteiger partial charge in [-0.05, 0) is 42.7 Å². The molecule has 140 valence electrons. The summed E-state index contributed by atoms with van der Waals surface area (Å²) in [6.45, 7) is 0.520. The number of hydrogen-bond donors (Lipinski definition) is 2. The normalized spacial score (nSPS) is 16.2. The Morgan fingerprint density at radius 1 is 1.11 bits per heavy atom. The summed E-state index contributed by atoms with van der Waals surface area (Å²) >= 11 is 0. The average Bonchev–Trinajstić information content (AvgIpc) is 3.18. The second-order valence-electron chi connectivity index (χ2n) is 6.28. The SMILES string of the molecule is NCc1ccc(C(=O)Oc2ccccc2)c(C(=O)N2CCCC2C(=O)O)c1. The number of carboxylic acid groups (broad SMARTS) is 1. The molecule has 1 unspecified atom stereocenters. The van der Waals surface area contributed by atoms with Crippen molar-refractivity contribution < 1.29 is 24.2 Å². The highest BCUT2D eigenvalue weighted by Crippen LogP contribution is 2.24. The van der Waals surface area contributed by atoms with Gasteiger partial charge in [-0.15, -0.1) is 0 Å². The Kier molecular flexibility index (Phi) is 5.52. The number of carbonyl (C=O) groups excluding carboxylic acids is 2. The molecular weight excluding hydrogens is 348 g/mol. The summed E-state index contributed by atoms with van der Waals surface area (Å²) in [5.74, 6) is -1.88. The fraction of sp³-hybridized carbons (Fsp3) is 0.250.